The molecule has 3 heteroatoms. The molecule has 2 nitrogen and oxygen atoms in total. The summed E-state index contributed by atoms with van der Waals surface area (Å²) in [5.41, 5.74) is 1.16. The molecule has 1 aliphatic carbocycles. The first-order valence-corrected chi connectivity index (χ1v) is 7.26. The molecule has 1 aromatic carbocycles. The summed E-state index contributed by atoms with van der Waals surface area (Å²) in [7, 11) is 0. The third-order valence-electron chi connectivity index (χ3n) is 3.22. The van der Waals surface area contributed by atoms with Crippen molar-refractivity contribution in [3.8, 4) is 5.75 Å². The summed E-state index contributed by atoms with van der Waals surface area (Å²) in [4.78, 5) is 0. The van der Waals surface area contributed by atoms with E-state index in [1.54, 1.807) is 0 Å². The minimum Gasteiger partial charge on any atom is -0.489 e. The number of benzene rings is 1. The number of hydrogen-bond acceptors (Lipinski definition) is 2. The van der Waals surface area contributed by atoms with Crippen LogP contribution in [0.2, 0.25) is 5.02 Å². The van der Waals surface area contributed by atoms with Gasteiger partial charge in [0.25, 0.3) is 0 Å². The number of halogens is 1. The minimum absolute atomic E-state index is 0.217. The summed E-state index contributed by atoms with van der Waals surface area (Å²) in [5, 5.41) is 4.22. The maximum Gasteiger partial charge on any atom is 0.142 e. The predicted octanol–water partition coefficient (Wildman–Crippen LogP) is 4.16. The summed E-state index contributed by atoms with van der Waals surface area (Å²) in [6.45, 7) is 5.12. The first kappa shape index (κ1) is 13.7. The Morgan fingerprint density at radius 3 is 2.89 bits per heavy atom. The van der Waals surface area contributed by atoms with Crippen LogP contribution in [0.3, 0.4) is 0 Å². The zero-order chi connectivity index (χ0) is 13.0. The predicted molar refractivity (Wildman–Crippen MR) is 76.3 cm³/mol. The van der Waals surface area contributed by atoms with E-state index in [4.69, 9.17) is 16.3 Å². The quantitative estimate of drug-likeness (QED) is 0.801. The van der Waals surface area contributed by atoms with Gasteiger partial charge < -0.3 is 10.1 Å². The highest BCUT2D eigenvalue weighted by Gasteiger charge is 2.21. The van der Waals surface area contributed by atoms with Gasteiger partial charge in [-0.25, -0.2) is 0 Å². The zero-order valence-electron chi connectivity index (χ0n) is 11.2. The Hall–Kier alpha value is -0.730. The Bertz CT molecular complexity index is 390. The third-order valence-corrected chi connectivity index (χ3v) is 3.52. The Balaban J connectivity index is 2.04. The van der Waals surface area contributed by atoms with E-state index in [1.807, 2.05) is 12.1 Å². The van der Waals surface area contributed by atoms with Crippen LogP contribution >= 0.6 is 11.6 Å². The van der Waals surface area contributed by atoms with Gasteiger partial charge in [-0.1, -0.05) is 37.1 Å². The second kappa shape index (κ2) is 6.44. The molecule has 0 heterocycles. The normalized spacial score (nSPS) is 16.6. The lowest BCUT2D eigenvalue weighted by Crippen LogP contribution is -2.18. The molecule has 0 bridgehead atoms. The van der Waals surface area contributed by atoms with Gasteiger partial charge >= 0.3 is 0 Å². The van der Waals surface area contributed by atoms with E-state index in [1.165, 1.54) is 12.8 Å². The van der Waals surface area contributed by atoms with Crippen molar-refractivity contribution in [2.45, 2.75) is 58.2 Å². The third kappa shape index (κ3) is 3.89. The fraction of sp³-hybridized carbons (Fsp3) is 0.600. The lowest BCUT2D eigenvalue weighted by atomic mass is 10.2. The molecule has 100 valence electrons. The van der Waals surface area contributed by atoms with Gasteiger partial charge in [-0.2, -0.15) is 0 Å². The van der Waals surface area contributed by atoms with Gasteiger partial charge in [0.1, 0.15) is 5.75 Å². The van der Waals surface area contributed by atoms with Crippen molar-refractivity contribution in [3.05, 3.63) is 28.8 Å². The molecule has 1 N–H and O–H groups in total. The van der Waals surface area contributed by atoms with E-state index < -0.39 is 0 Å². The van der Waals surface area contributed by atoms with Crippen LogP contribution in [0, 0.1) is 0 Å². The highest BCUT2D eigenvalue weighted by Crippen LogP contribution is 2.31. The molecule has 1 unspecified atom stereocenters. The van der Waals surface area contributed by atoms with Crippen molar-refractivity contribution < 1.29 is 4.74 Å². The number of rotatable bonds is 7. The van der Waals surface area contributed by atoms with Crippen molar-refractivity contribution in [2.75, 3.05) is 0 Å². The second-order valence-electron chi connectivity index (χ2n) is 5.10. The van der Waals surface area contributed by atoms with E-state index in [0.717, 1.165) is 30.7 Å². The molecule has 0 saturated heterocycles. The first-order valence-electron chi connectivity index (χ1n) is 6.88. The smallest absolute Gasteiger partial charge is 0.142 e. The van der Waals surface area contributed by atoms with E-state index in [9.17, 15) is 0 Å². The SMILES string of the molecule is CCCC(C)Oc1c(Cl)cccc1CNC1CC1. The molecular formula is C15H22ClNO. The van der Waals surface area contributed by atoms with Gasteiger partial charge in [0, 0.05) is 18.2 Å². The van der Waals surface area contributed by atoms with E-state index >= 15 is 0 Å². The second-order valence-corrected chi connectivity index (χ2v) is 5.51. The van der Waals surface area contributed by atoms with Crippen LogP contribution in [0.4, 0.5) is 0 Å². The number of hydrogen-bond donors (Lipinski definition) is 1. The molecule has 1 saturated carbocycles. The van der Waals surface area contributed by atoms with Gasteiger partial charge in [0.15, 0.2) is 0 Å². The molecule has 0 radical (unpaired) electrons. The van der Waals surface area contributed by atoms with Gasteiger partial charge in [-0.15, -0.1) is 0 Å². The Morgan fingerprint density at radius 1 is 1.44 bits per heavy atom. The summed E-state index contributed by atoms with van der Waals surface area (Å²) in [5.74, 6) is 0.855. The summed E-state index contributed by atoms with van der Waals surface area (Å²) < 4.78 is 6.00. The van der Waals surface area contributed by atoms with Crippen LogP contribution < -0.4 is 10.1 Å². The number of nitrogens with one attached hydrogen (secondary N) is 1. The number of para-hydroxylation sites is 1. The zero-order valence-corrected chi connectivity index (χ0v) is 12.0. The minimum atomic E-state index is 0.217. The van der Waals surface area contributed by atoms with Crippen LogP contribution in [0.15, 0.2) is 18.2 Å². The fourth-order valence-corrected chi connectivity index (χ4v) is 2.27. The van der Waals surface area contributed by atoms with Gasteiger partial charge in [0.05, 0.1) is 11.1 Å². The van der Waals surface area contributed by atoms with E-state index in [2.05, 4.69) is 25.2 Å². The topological polar surface area (TPSA) is 21.3 Å². The molecule has 0 aromatic heterocycles. The Kier molecular flexibility index (Phi) is 4.90. The van der Waals surface area contributed by atoms with Crippen LogP contribution in [0.5, 0.6) is 5.75 Å². The Morgan fingerprint density at radius 2 is 2.22 bits per heavy atom. The average molecular weight is 268 g/mol. The standard InChI is InChI=1S/C15H22ClNO/c1-3-5-11(2)18-15-12(6-4-7-14(15)16)10-17-13-8-9-13/h4,6-7,11,13,17H,3,5,8-10H2,1-2H3. The molecule has 0 amide bonds. The molecule has 1 fully saturated rings. The molecule has 0 spiro atoms. The molecule has 0 aliphatic heterocycles. The van der Waals surface area contributed by atoms with E-state index in [-0.39, 0.29) is 6.10 Å². The summed E-state index contributed by atoms with van der Waals surface area (Å²) >= 11 is 6.25. The first-order chi connectivity index (χ1) is 8.70. The van der Waals surface area contributed by atoms with Crippen LogP contribution in [-0.2, 0) is 6.54 Å². The van der Waals surface area contributed by atoms with Crippen molar-refractivity contribution in [1.82, 2.24) is 5.32 Å². The highest BCUT2D eigenvalue weighted by atomic mass is 35.5. The highest BCUT2D eigenvalue weighted by molar-refractivity contribution is 6.32. The van der Waals surface area contributed by atoms with Crippen molar-refractivity contribution >= 4 is 11.6 Å². The molecule has 1 atom stereocenters. The molecule has 2 rings (SSSR count). The van der Waals surface area contributed by atoms with E-state index in [0.29, 0.717) is 11.1 Å². The summed E-state index contributed by atoms with van der Waals surface area (Å²) in [6.07, 6.45) is 4.99. The number of ether oxygens (including phenoxy) is 1. The van der Waals surface area contributed by atoms with Crippen molar-refractivity contribution in [1.29, 1.82) is 0 Å². The molecule has 1 aliphatic rings. The molecule has 18 heavy (non-hydrogen) atoms. The van der Waals surface area contributed by atoms with Crippen LogP contribution in [-0.4, -0.2) is 12.1 Å². The van der Waals surface area contributed by atoms with Crippen molar-refractivity contribution in [3.63, 3.8) is 0 Å². The van der Waals surface area contributed by atoms with Crippen molar-refractivity contribution in [2.24, 2.45) is 0 Å². The van der Waals surface area contributed by atoms with Crippen LogP contribution in [0.25, 0.3) is 0 Å². The molecular weight excluding hydrogens is 246 g/mol. The maximum atomic E-state index is 6.25. The molecule has 1 aromatic rings. The summed E-state index contributed by atoms with van der Waals surface area (Å²) in [6, 6.07) is 6.68. The largest absolute Gasteiger partial charge is 0.489 e. The lowest BCUT2D eigenvalue weighted by Gasteiger charge is -2.18. The monoisotopic (exact) mass is 267 g/mol. The maximum absolute atomic E-state index is 6.25. The average Bonchev–Trinajstić information content (AvgIpc) is 3.14. The lowest BCUT2D eigenvalue weighted by molar-refractivity contribution is 0.207. The Labute approximate surface area is 115 Å². The van der Waals surface area contributed by atoms with Crippen LogP contribution in [0.1, 0.15) is 45.1 Å². The van der Waals surface area contributed by atoms with Gasteiger partial charge in [-0.05, 0) is 32.3 Å². The van der Waals surface area contributed by atoms with Gasteiger partial charge in [0.2, 0.25) is 0 Å². The van der Waals surface area contributed by atoms with Gasteiger partial charge in [-0.3, -0.25) is 0 Å². The fourth-order valence-electron chi connectivity index (χ4n) is 2.03.